The molecule has 7 rings (SSSR count). The van der Waals surface area contributed by atoms with Crippen LogP contribution in [-0.4, -0.2) is 88.9 Å². The molecule has 14 nitrogen and oxygen atoms in total. The van der Waals surface area contributed by atoms with E-state index in [0.717, 1.165) is 0 Å². The van der Waals surface area contributed by atoms with Crippen molar-refractivity contribution in [3.05, 3.63) is 88.7 Å². The monoisotopic (exact) mass is 591 g/mol. The number of aliphatic hydroxyl groups is 4. The van der Waals surface area contributed by atoms with E-state index in [4.69, 9.17) is 18.9 Å². The predicted molar refractivity (Wildman–Crippen MR) is 142 cm³/mol. The Morgan fingerprint density at radius 2 is 1.58 bits per heavy atom. The van der Waals surface area contributed by atoms with Gasteiger partial charge < -0.3 is 49.6 Å². The van der Waals surface area contributed by atoms with Crippen molar-refractivity contribution in [3.63, 3.8) is 0 Å². The minimum Gasteiger partial charge on any atom is -0.508 e. The first-order valence-corrected chi connectivity index (χ1v) is 13.3. The van der Waals surface area contributed by atoms with Crippen LogP contribution in [0.2, 0.25) is 0 Å². The molecule has 1 saturated heterocycles. The van der Waals surface area contributed by atoms with E-state index < -0.39 is 48.9 Å². The number of ether oxygens (including phenoxy) is 4. The summed E-state index contributed by atoms with van der Waals surface area (Å²) in [6, 6.07) is 13.9. The Bertz CT molecular complexity index is 1690. The van der Waals surface area contributed by atoms with Crippen LogP contribution in [0, 0.1) is 0 Å². The lowest BCUT2D eigenvalue weighted by Gasteiger charge is -2.39. The van der Waals surface area contributed by atoms with Crippen molar-refractivity contribution in [2.45, 2.75) is 42.9 Å². The van der Waals surface area contributed by atoms with Gasteiger partial charge in [-0.05, 0) is 42.5 Å². The number of hydrogen-bond donors (Lipinski definition) is 6. The van der Waals surface area contributed by atoms with Gasteiger partial charge in [-0.25, -0.2) is 9.48 Å². The first-order chi connectivity index (χ1) is 20.7. The molecule has 0 saturated carbocycles. The van der Waals surface area contributed by atoms with Crippen molar-refractivity contribution in [2.24, 2.45) is 0 Å². The van der Waals surface area contributed by atoms with E-state index in [1.807, 2.05) is 0 Å². The highest BCUT2D eigenvalue weighted by atomic mass is 16.7. The van der Waals surface area contributed by atoms with E-state index in [0.29, 0.717) is 33.6 Å². The summed E-state index contributed by atoms with van der Waals surface area (Å²) in [5.74, 6) is -0.197. The van der Waals surface area contributed by atoms with Crippen molar-refractivity contribution in [2.75, 3.05) is 6.61 Å². The fourth-order valence-corrected chi connectivity index (χ4v) is 5.69. The molecule has 14 heteroatoms. The molecule has 3 aliphatic heterocycles. The van der Waals surface area contributed by atoms with Gasteiger partial charge in [-0.1, -0.05) is 5.21 Å². The number of aliphatic hydroxyl groups excluding tert-OH is 4. The number of carbonyl (C=O) groups excluding carboxylic acids is 1. The number of carbonyl (C=O) groups is 1. The topological polar surface area (TPSA) is 206 Å². The molecule has 3 aliphatic rings. The highest BCUT2D eigenvalue weighted by Gasteiger charge is 2.54. The zero-order chi connectivity index (χ0) is 30.0. The van der Waals surface area contributed by atoms with Crippen LogP contribution in [0.25, 0.3) is 5.69 Å². The number of esters is 1. The predicted octanol–water partition coefficient (Wildman–Crippen LogP) is 0.563. The summed E-state index contributed by atoms with van der Waals surface area (Å²) < 4.78 is 24.5. The summed E-state index contributed by atoms with van der Waals surface area (Å²) in [6.45, 7) is -0.777. The number of phenols is 2. The van der Waals surface area contributed by atoms with Gasteiger partial charge in [0.05, 0.1) is 30.7 Å². The maximum atomic E-state index is 13.2. The van der Waals surface area contributed by atoms with Gasteiger partial charge in [0.15, 0.2) is 11.9 Å². The molecule has 222 valence electrons. The molecule has 5 atom stereocenters. The Kier molecular flexibility index (Phi) is 6.35. The molecule has 6 N–H and O–H groups in total. The number of nitrogens with zero attached hydrogens (tertiary/aromatic N) is 3. The number of aromatic nitrogens is 3. The highest BCUT2D eigenvalue weighted by molar-refractivity contribution is 5.97. The molecule has 0 radical (unpaired) electrons. The SMILES string of the molecule is O=C1OC2(c3ccc(O)cc3Oc3cc(O)ccc32)c2cc(-n3cc(CO[C@H]4O[C@H](CO)[C@@H](O)[C@H](O)[C@H]4O)nn3)ccc21. The van der Waals surface area contributed by atoms with Crippen LogP contribution < -0.4 is 4.74 Å². The molecule has 1 spiro atoms. The van der Waals surface area contributed by atoms with Crippen molar-refractivity contribution >= 4 is 5.97 Å². The molecule has 0 aliphatic carbocycles. The molecule has 3 aromatic carbocycles. The fraction of sp³-hybridized carbons (Fsp3) is 0.276. The Morgan fingerprint density at radius 3 is 2.26 bits per heavy atom. The number of hydrogen-bond acceptors (Lipinski definition) is 13. The molecular weight excluding hydrogens is 566 g/mol. The molecule has 4 aromatic rings. The van der Waals surface area contributed by atoms with Crippen LogP contribution in [0.1, 0.15) is 32.7 Å². The number of aromatic hydroxyl groups is 2. The van der Waals surface area contributed by atoms with Gasteiger partial charge in [0.1, 0.15) is 53.1 Å². The molecule has 0 unspecified atom stereocenters. The highest BCUT2D eigenvalue weighted by Crippen LogP contribution is 2.57. The van der Waals surface area contributed by atoms with Crippen LogP contribution in [0.4, 0.5) is 0 Å². The van der Waals surface area contributed by atoms with Crippen molar-refractivity contribution in [1.29, 1.82) is 0 Å². The summed E-state index contributed by atoms with van der Waals surface area (Å²) >= 11 is 0. The summed E-state index contributed by atoms with van der Waals surface area (Å²) in [7, 11) is 0. The normalized spacial score (nSPS) is 25.0. The first kappa shape index (κ1) is 27.3. The van der Waals surface area contributed by atoms with Gasteiger partial charge in [-0.3, -0.25) is 0 Å². The van der Waals surface area contributed by atoms with Crippen molar-refractivity contribution in [1.82, 2.24) is 15.0 Å². The summed E-state index contributed by atoms with van der Waals surface area (Å²) in [4.78, 5) is 13.2. The zero-order valence-corrected chi connectivity index (χ0v) is 22.1. The average molecular weight is 592 g/mol. The second-order valence-electron chi connectivity index (χ2n) is 10.4. The Morgan fingerprint density at radius 1 is 0.884 bits per heavy atom. The summed E-state index contributed by atoms with van der Waals surface area (Å²) in [5.41, 5.74) is 1.10. The minimum absolute atomic E-state index is 0.0584. The van der Waals surface area contributed by atoms with Gasteiger partial charge in [0, 0.05) is 28.8 Å². The number of benzene rings is 3. The van der Waals surface area contributed by atoms with Gasteiger partial charge in [0.2, 0.25) is 0 Å². The van der Waals surface area contributed by atoms with Crippen molar-refractivity contribution in [3.8, 4) is 28.7 Å². The molecule has 43 heavy (non-hydrogen) atoms. The standard InChI is InChI=1S/C29H25N3O11/c33-11-23-24(36)25(37)26(38)28(42-23)40-12-13-10-32(31-30-13)14-1-4-17-20(7-14)29(43-27(17)39)18-5-2-15(34)8-21(18)41-22-9-16(35)3-6-19(22)29/h1-10,23-26,28,33-38H,11-12H2/t23-,24-,25+,26-,28+/m1/s1. The van der Waals surface area contributed by atoms with Gasteiger partial charge in [-0.2, -0.15) is 0 Å². The van der Waals surface area contributed by atoms with Crippen LogP contribution in [0.3, 0.4) is 0 Å². The average Bonchev–Trinajstić information content (AvgIpc) is 3.58. The van der Waals surface area contributed by atoms with Crippen molar-refractivity contribution < 1.29 is 54.4 Å². The molecular formula is C29H25N3O11. The third-order valence-electron chi connectivity index (χ3n) is 7.81. The third kappa shape index (κ3) is 4.23. The largest absolute Gasteiger partial charge is 0.508 e. The van der Waals surface area contributed by atoms with Crippen LogP contribution in [0.5, 0.6) is 23.0 Å². The summed E-state index contributed by atoms with van der Waals surface area (Å²) in [6.07, 6.45) is -5.55. The van der Waals surface area contributed by atoms with E-state index in [1.165, 1.54) is 28.9 Å². The number of rotatable bonds is 5. The quantitative estimate of drug-likeness (QED) is 0.176. The lowest BCUT2D eigenvalue weighted by atomic mass is 9.77. The Balaban J connectivity index is 1.23. The minimum atomic E-state index is -1.58. The zero-order valence-electron chi connectivity index (χ0n) is 22.1. The fourth-order valence-electron chi connectivity index (χ4n) is 5.69. The molecule has 4 heterocycles. The van der Waals surface area contributed by atoms with Gasteiger partial charge in [0.25, 0.3) is 0 Å². The lowest BCUT2D eigenvalue weighted by Crippen LogP contribution is -2.59. The third-order valence-corrected chi connectivity index (χ3v) is 7.81. The van der Waals surface area contributed by atoms with E-state index in [-0.39, 0.29) is 29.6 Å². The number of phenolic OH excluding ortho intramolecular Hbond substituents is 2. The van der Waals surface area contributed by atoms with E-state index >= 15 is 0 Å². The second-order valence-corrected chi connectivity index (χ2v) is 10.4. The van der Waals surface area contributed by atoms with E-state index in [9.17, 15) is 35.4 Å². The lowest BCUT2D eigenvalue weighted by molar-refractivity contribution is -0.304. The first-order valence-electron chi connectivity index (χ1n) is 13.3. The molecule has 1 fully saturated rings. The molecule has 1 aromatic heterocycles. The van der Waals surface area contributed by atoms with E-state index in [2.05, 4.69) is 10.3 Å². The second kappa shape index (κ2) is 10.0. The maximum absolute atomic E-state index is 13.2. The number of fused-ring (bicyclic) bond motifs is 6. The Labute approximate surface area is 242 Å². The Hall–Kier alpha value is -4.57. The van der Waals surface area contributed by atoms with Gasteiger partial charge >= 0.3 is 5.97 Å². The maximum Gasteiger partial charge on any atom is 0.340 e. The molecule has 0 bridgehead atoms. The van der Waals surface area contributed by atoms with Crippen LogP contribution in [-0.2, 0) is 26.4 Å². The smallest absolute Gasteiger partial charge is 0.340 e. The summed E-state index contributed by atoms with van der Waals surface area (Å²) in [5, 5.41) is 68.1. The van der Waals surface area contributed by atoms with Gasteiger partial charge in [-0.15, -0.1) is 5.10 Å². The van der Waals surface area contributed by atoms with Crippen LogP contribution >= 0.6 is 0 Å². The van der Waals surface area contributed by atoms with Crippen LogP contribution in [0.15, 0.2) is 60.8 Å². The molecule has 0 amide bonds. The van der Waals surface area contributed by atoms with E-state index in [1.54, 1.807) is 36.5 Å².